The Balaban J connectivity index is 0.00000208. The van der Waals surface area contributed by atoms with Crippen molar-refractivity contribution in [3.63, 3.8) is 0 Å². The number of nitrogens with two attached hydrogens (primary N) is 1. The molecule has 6 heteroatoms. The molecular weight excluding hydrogens is 326 g/mol. The highest BCUT2D eigenvalue weighted by Crippen LogP contribution is 2.30. The van der Waals surface area contributed by atoms with Crippen molar-refractivity contribution in [2.45, 2.75) is 38.6 Å². The molecule has 24 heavy (non-hydrogen) atoms. The van der Waals surface area contributed by atoms with Gasteiger partial charge in [0.05, 0.1) is 5.92 Å². The van der Waals surface area contributed by atoms with Gasteiger partial charge >= 0.3 is 0 Å². The number of amides is 2. The third kappa shape index (κ3) is 3.42. The van der Waals surface area contributed by atoms with Gasteiger partial charge in [0, 0.05) is 37.8 Å². The molecule has 2 fully saturated rings. The number of carbonyl (C=O) groups excluding carboxylic acids is 2. The number of anilines is 1. The summed E-state index contributed by atoms with van der Waals surface area (Å²) < 4.78 is 0. The number of hydrogen-bond donors (Lipinski definition) is 1. The zero-order valence-corrected chi connectivity index (χ0v) is 14.9. The number of para-hydroxylation sites is 1. The Kier molecular flexibility index (Phi) is 6.24. The molecule has 132 valence electrons. The van der Waals surface area contributed by atoms with Gasteiger partial charge in [0.25, 0.3) is 0 Å². The summed E-state index contributed by atoms with van der Waals surface area (Å²) in [6.07, 6.45) is 3.17. The summed E-state index contributed by atoms with van der Waals surface area (Å²) in [5, 5.41) is 0. The van der Waals surface area contributed by atoms with Crippen molar-refractivity contribution >= 4 is 29.9 Å². The van der Waals surface area contributed by atoms with E-state index in [1.165, 1.54) is 0 Å². The molecule has 1 aromatic carbocycles. The van der Waals surface area contributed by atoms with E-state index < -0.39 is 0 Å². The number of carbonyl (C=O) groups is 2. The van der Waals surface area contributed by atoms with Crippen LogP contribution in [0.2, 0.25) is 0 Å². The van der Waals surface area contributed by atoms with E-state index in [4.69, 9.17) is 5.73 Å². The second-order valence-corrected chi connectivity index (χ2v) is 6.45. The Hall–Kier alpha value is -1.59. The normalized spacial score (nSPS) is 23.5. The summed E-state index contributed by atoms with van der Waals surface area (Å²) in [7, 11) is 0. The van der Waals surface area contributed by atoms with Gasteiger partial charge < -0.3 is 15.5 Å². The zero-order valence-electron chi connectivity index (χ0n) is 14.1. The van der Waals surface area contributed by atoms with Gasteiger partial charge in [-0.05, 0) is 30.9 Å². The minimum absolute atomic E-state index is 0. The number of hydrogen-bond acceptors (Lipinski definition) is 3. The van der Waals surface area contributed by atoms with E-state index in [9.17, 15) is 9.59 Å². The second kappa shape index (κ2) is 7.99. The van der Waals surface area contributed by atoms with Crippen LogP contribution in [0.5, 0.6) is 0 Å². The first-order chi connectivity index (χ1) is 11.2. The summed E-state index contributed by atoms with van der Waals surface area (Å²) in [5.74, 6) is -0.0879. The Morgan fingerprint density at radius 3 is 2.79 bits per heavy atom. The van der Waals surface area contributed by atoms with Crippen LogP contribution in [-0.2, 0) is 16.0 Å². The Bertz CT molecular complexity index is 608. The minimum Gasteiger partial charge on any atom is -0.338 e. The Labute approximate surface area is 149 Å². The molecule has 2 amide bonds. The second-order valence-electron chi connectivity index (χ2n) is 6.45. The number of rotatable bonds is 4. The fraction of sp³-hybridized carbons (Fsp3) is 0.556. The van der Waals surface area contributed by atoms with Gasteiger partial charge in [-0.25, -0.2) is 0 Å². The monoisotopic (exact) mass is 351 g/mol. The largest absolute Gasteiger partial charge is 0.338 e. The summed E-state index contributed by atoms with van der Waals surface area (Å²) >= 11 is 0. The van der Waals surface area contributed by atoms with E-state index in [1.54, 1.807) is 4.90 Å². The summed E-state index contributed by atoms with van der Waals surface area (Å²) in [6.45, 7) is 3.85. The quantitative estimate of drug-likeness (QED) is 0.901. The van der Waals surface area contributed by atoms with E-state index in [1.807, 2.05) is 29.2 Å². The van der Waals surface area contributed by atoms with Crippen molar-refractivity contribution in [3.8, 4) is 0 Å². The maximum atomic E-state index is 12.8. The van der Waals surface area contributed by atoms with Crippen LogP contribution < -0.4 is 10.6 Å². The van der Waals surface area contributed by atoms with Crippen LogP contribution in [0.25, 0.3) is 0 Å². The van der Waals surface area contributed by atoms with Crippen LogP contribution in [0.1, 0.15) is 31.7 Å². The van der Waals surface area contributed by atoms with Crippen LogP contribution in [0.15, 0.2) is 24.3 Å². The first kappa shape index (κ1) is 18.7. The molecule has 0 radical (unpaired) electrons. The molecule has 2 aliphatic rings. The van der Waals surface area contributed by atoms with Crippen LogP contribution in [0.4, 0.5) is 5.69 Å². The van der Waals surface area contributed by atoms with Gasteiger partial charge in [-0.15, -0.1) is 12.4 Å². The van der Waals surface area contributed by atoms with E-state index in [0.29, 0.717) is 19.5 Å². The van der Waals surface area contributed by atoms with Crippen LogP contribution >= 0.6 is 12.4 Å². The molecule has 1 aromatic rings. The van der Waals surface area contributed by atoms with Gasteiger partial charge in [-0.2, -0.15) is 0 Å². The molecule has 0 aliphatic carbocycles. The lowest BCUT2D eigenvalue weighted by Gasteiger charge is -2.26. The molecule has 0 aromatic heterocycles. The van der Waals surface area contributed by atoms with Crippen molar-refractivity contribution in [1.82, 2.24) is 4.90 Å². The number of likely N-dealkylation sites (tertiary alicyclic amines) is 1. The SMILES string of the molecule is CCc1ccccc1N1CC(C(=O)N2CCCC2CN)CC1=O.Cl. The lowest BCUT2D eigenvalue weighted by atomic mass is 10.1. The van der Waals surface area contributed by atoms with E-state index >= 15 is 0 Å². The molecule has 2 saturated heterocycles. The van der Waals surface area contributed by atoms with Crippen molar-refractivity contribution in [2.24, 2.45) is 11.7 Å². The highest BCUT2D eigenvalue weighted by molar-refractivity contribution is 6.00. The average molecular weight is 352 g/mol. The van der Waals surface area contributed by atoms with Gasteiger partial charge in [-0.1, -0.05) is 25.1 Å². The average Bonchev–Trinajstić information content (AvgIpc) is 3.20. The van der Waals surface area contributed by atoms with Crippen LogP contribution in [0, 0.1) is 5.92 Å². The molecule has 2 unspecified atom stereocenters. The standard InChI is InChI=1S/C18H25N3O2.ClH/c1-2-13-6-3-4-8-16(13)21-12-14(10-17(21)22)18(23)20-9-5-7-15(20)11-19;/h3-4,6,8,14-15H,2,5,7,9-12,19H2,1H3;1H. The number of nitrogens with zero attached hydrogens (tertiary/aromatic N) is 2. The molecule has 0 saturated carbocycles. The van der Waals surface area contributed by atoms with Crippen molar-refractivity contribution in [1.29, 1.82) is 0 Å². The predicted octanol–water partition coefficient (Wildman–Crippen LogP) is 1.97. The number of aryl methyl sites for hydroxylation is 1. The van der Waals surface area contributed by atoms with Crippen molar-refractivity contribution < 1.29 is 9.59 Å². The molecule has 0 spiro atoms. The van der Waals surface area contributed by atoms with E-state index in [0.717, 1.165) is 37.1 Å². The zero-order chi connectivity index (χ0) is 16.4. The number of benzene rings is 1. The van der Waals surface area contributed by atoms with Crippen LogP contribution in [0.3, 0.4) is 0 Å². The number of halogens is 1. The van der Waals surface area contributed by atoms with Crippen molar-refractivity contribution in [2.75, 3.05) is 24.5 Å². The molecule has 0 bridgehead atoms. The topological polar surface area (TPSA) is 66.6 Å². The van der Waals surface area contributed by atoms with E-state index in [-0.39, 0.29) is 36.2 Å². The van der Waals surface area contributed by atoms with Crippen LogP contribution in [-0.4, -0.2) is 42.4 Å². The third-order valence-corrected chi connectivity index (χ3v) is 5.07. The maximum Gasteiger partial charge on any atom is 0.228 e. The predicted molar refractivity (Wildman–Crippen MR) is 97.3 cm³/mol. The molecule has 3 rings (SSSR count). The van der Waals surface area contributed by atoms with Gasteiger partial charge in [0.15, 0.2) is 0 Å². The summed E-state index contributed by atoms with van der Waals surface area (Å²) in [5.41, 5.74) is 7.87. The van der Waals surface area contributed by atoms with Gasteiger partial charge in [-0.3, -0.25) is 9.59 Å². The Morgan fingerprint density at radius 1 is 1.33 bits per heavy atom. The molecule has 5 nitrogen and oxygen atoms in total. The molecule has 2 aliphatic heterocycles. The molecule has 2 heterocycles. The Morgan fingerprint density at radius 2 is 2.08 bits per heavy atom. The lowest BCUT2D eigenvalue weighted by Crippen LogP contribution is -2.43. The first-order valence-electron chi connectivity index (χ1n) is 8.54. The first-order valence-corrected chi connectivity index (χ1v) is 8.54. The summed E-state index contributed by atoms with van der Waals surface area (Å²) in [4.78, 5) is 28.9. The molecule has 2 N–H and O–H groups in total. The van der Waals surface area contributed by atoms with Gasteiger partial charge in [0.1, 0.15) is 0 Å². The molecule has 2 atom stereocenters. The smallest absolute Gasteiger partial charge is 0.228 e. The maximum absolute atomic E-state index is 12.8. The third-order valence-electron chi connectivity index (χ3n) is 5.07. The van der Waals surface area contributed by atoms with Gasteiger partial charge in [0.2, 0.25) is 11.8 Å². The van der Waals surface area contributed by atoms with Crippen molar-refractivity contribution in [3.05, 3.63) is 29.8 Å². The highest BCUT2D eigenvalue weighted by Gasteiger charge is 2.40. The highest BCUT2D eigenvalue weighted by atomic mass is 35.5. The summed E-state index contributed by atoms with van der Waals surface area (Å²) in [6, 6.07) is 8.10. The lowest BCUT2D eigenvalue weighted by molar-refractivity contribution is -0.136. The van der Waals surface area contributed by atoms with E-state index in [2.05, 4.69) is 6.92 Å². The minimum atomic E-state index is -0.237. The fourth-order valence-corrected chi connectivity index (χ4v) is 3.78. The molecular formula is C18H26ClN3O2. The fourth-order valence-electron chi connectivity index (χ4n) is 3.78.